The molecular weight excluding hydrogens is 547 g/mol. The normalized spacial score (nSPS) is 16.8. The van der Waals surface area contributed by atoms with Gasteiger partial charge in [0, 0.05) is 5.56 Å². The highest BCUT2D eigenvalue weighted by atomic mass is 32.2. The molecule has 0 saturated carbocycles. The average Bonchev–Trinajstić information content (AvgIpc) is 3.22. The summed E-state index contributed by atoms with van der Waals surface area (Å²) in [7, 11) is -3.88. The largest absolute Gasteiger partial charge is 0.573 e. The van der Waals surface area contributed by atoms with Gasteiger partial charge >= 0.3 is 6.36 Å². The molecule has 2 atom stereocenters. The second-order valence-corrected chi connectivity index (χ2v) is 11.5. The van der Waals surface area contributed by atoms with Crippen LogP contribution in [0.4, 0.5) is 13.2 Å². The standard InChI is InChI=1S/C29H28F3NO6S/c1-2-38-24-17-20(27(33)28(35)26-22-11-4-3-9-19(22)16-23(26)34)12-13-25(24)40(36,37)14-6-8-18-7-5-10-21(15-18)39-29(30,31)32/h3-5,7,9-13,15,17,23,26,33-34H,2,6,8,14,16H2,1H3. The summed E-state index contributed by atoms with van der Waals surface area (Å²) in [6, 6.07) is 16.5. The van der Waals surface area contributed by atoms with Crippen molar-refractivity contribution >= 4 is 21.3 Å². The van der Waals surface area contributed by atoms with Gasteiger partial charge in [0.05, 0.1) is 24.4 Å². The van der Waals surface area contributed by atoms with E-state index in [0.717, 1.165) is 11.6 Å². The van der Waals surface area contributed by atoms with Crippen LogP contribution in [0.15, 0.2) is 71.6 Å². The van der Waals surface area contributed by atoms with E-state index in [0.29, 0.717) is 17.5 Å². The highest BCUT2D eigenvalue weighted by Crippen LogP contribution is 2.35. The number of aliphatic hydroxyl groups is 1. The highest BCUT2D eigenvalue weighted by molar-refractivity contribution is 7.91. The number of sulfone groups is 1. The summed E-state index contributed by atoms with van der Waals surface area (Å²) < 4.78 is 73.3. The van der Waals surface area contributed by atoms with Crippen LogP contribution in [0.3, 0.4) is 0 Å². The number of alkyl halides is 3. The number of ketones is 1. The molecule has 0 fully saturated rings. The number of aryl methyl sites for hydroxylation is 1. The topological polar surface area (TPSA) is 114 Å². The zero-order valence-corrected chi connectivity index (χ0v) is 22.4. The highest BCUT2D eigenvalue weighted by Gasteiger charge is 2.38. The molecule has 1 aliphatic rings. The van der Waals surface area contributed by atoms with Gasteiger partial charge in [-0.05, 0) is 67.1 Å². The van der Waals surface area contributed by atoms with E-state index in [1.54, 1.807) is 25.1 Å². The molecule has 212 valence electrons. The Kier molecular flexibility index (Phi) is 8.65. The molecule has 0 saturated heterocycles. The minimum atomic E-state index is -4.83. The van der Waals surface area contributed by atoms with Crippen LogP contribution in [0.5, 0.6) is 11.5 Å². The molecule has 0 amide bonds. The summed E-state index contributed by atoms with van der Waals surface area (Å²) in [6.07, 6.45) is -5.16. The molecule has 0 aromatic heterocycles. The Labute approximate surface area is 230 Å². The zero-order valence-electron chi connectivity index (χ0n) is 21.6. The molecule has 2 N–H and O–H groups in total. The first-order valence-corrected chi connectivity index (χ1v) is 14.3. The lowest BCUT2D eigenvalue weighted by molar-refractivity contribution is -0.274. The zero-order chi connectivity index (χ0) is 29.1. The van der Waals surface area contributed by atoms with Crippen molar-refractivity contribution in [1.82, 2.24) is 0 Å². The Morgan fingerprint density at radius 1 is 1.07 bits per heavy atom. The first-order chi connectivity index (χ1) is 18.9. The van der Waals surface area contributed by atoms with E-state index in [2.05, 4.69) is 4.74 Å². The number of Topliss-reactive ketones (excluding diaryl/α,β-unsaturated/α-hetero) is 1. The fraction of sp³-hybridized carbons (Fsp3) is 0.310. The Bertz CT molecular complexity index is 1520. The number of benzene rings is 3. The van der Waals surface area contributed by atoms with E-state index in [1.807, 2.05) is 12.1 Å². The van der Waals surface area contributed by atoms with E-state index < -0.39 is 34.0 Å². The maximum atomic E-state index is 13.2. The maximum absolute atomic E-state index is 13.2. The third-order valence-electron chi connectivity index (χ3n) is 6.61. The van der Waals surface area contributed by atoms with Gasteiger partial charge in [0.1, 0.15) is 22.1 Å². The third-order valence-corrected chi connectivity index (χ3v) is 8.44. The SMILES string of the molecule is CCOc1cc(C(=N)C(=O)C2c3ccccc3CC2O)ccc1S(=O)(=O)CCCc1cccc(OC(F)(F)F)c1. The van der Waals surface area contributed by atoms with E-state index in [9.17, 15) is 31.5 Å². The summed E-state index contributed by atoms with van der Waals surface area (Å²) in [6.45, 7) is 1.80. The van der Waals surface area contributed by atoms with Crippen LogP contribution in [0, 0.1) is 5.41 Å². The summed E-state index contributed by atoms with van der Waals surface area (Å²) in [5, 5.41) is 19.0. The monoisotopic (exact) mass is 575 g/mol. The first-order valence-electron chi connectivity index (χ1n) is 12.6. The maximum Gasteiger partial charge on any atom is 0.573 e. The van der Waals surface area contributed by atoms with Crippen LogP contribution in [0.2, 0.25) is 0 Å². The molecule has 0 bridgehead atoms. The Hall–Kier alpha value is -3.70. The fourth-order valence-electron chi connectivity index (χ4n) is 4.85. The predicted molar refractivity (Wildman–Crippen MR) is 142 cm³/mol. The number of aliphatic hydroxyl groups excluding tert-OH is 1. The number of hydrogen-bond acceptors (Lipinski definition) is 7. The molecule has 11 heteroatoms. The Morgan fingerprint density at radius 2 is 1.82 bits per heavy atom. The van der Waals surface area contributed by atoms with Crippen molar-refractivity contribution in [2.75, 3.05) is 12.4 Å². The van der Waals surface area contributed by atoms with E-state index in [-0.39, 0.29) is 52.9 Å². The molecule has 3 aromatic carbocycles. The smallest absolute Gasteiger partial charge is 0.492 e. The first kappa shape index (κ1) is 29.3. The summed E-state index contributed by atoms with van der Waals surface area (Å²) in [4.78, 5) is 13.1. The second kappa shape index (κ2) is 11.8. The molecule has 0 aliphatic heterocycles. The molecule has 7 nitrogen and oxygen atoms in total. The van der Waals surface area contributed by atoms with Crippen LogP contribution in [0.1, 0.15) is 41.5 Å². The fourth-order valence-corrected chi connectivity index (χ4v) is 6.29. The number of ether oxygens (including phenoxy) is 2. The van der Waals surface area contributed by atoms with Gasteiger partial charge in [-0.15, -0.1) is 13.2 Å². The molecule has 40 heavy (non-hydrogen) atoms. The number of carbonyl (C=O) groups excluding carboxylic acids is 1. The van der Waals surface area contributed by atoms with Gasteiger partial charge in [-0.25, -0.2) is 8.42 Å². The summed E-state index contributed by atoms with van der Waals surface area (Å²) in [5.41, 5.74) is 1.79. The lowest BCUT2D eigenvalue weighted by atomic mass is 9.90. The van der Waals surface area contributed by atoms with Gasteiger partial charge in [0.2, 0.25) is 0 Å². The molecule has 2 unspecified atom stereocenters. The lowest BCUT2D eigenvalue weighted by Gasteiger charge is -2.17. The van der Waals surface area contributed by atoms with E-state index in [4.69, 9.17) is 10.1 Å². The van der Waals surface area contributed by atoms with Crippen molar-refractivity contribution in [2.45, 2.75) is 49.5 Å². The number of fused-ring (bicyclic) bond motifs is 1. The number of hydrogen-bond donors (Lipinski definition) is 2. The number of nitrogens with one attached hydrogen (secondary N) is 1. The average molecular weight is 576 g/mol. The van der Waals surface area contributed by atoms with Gasteiger partial charge < -0.3 is 14.6 Å². The molecule has 0 radical (unpaired) electrons. The Morgan fingerprint density at radius 3 is 2.55 bits per heavy atom. The molecule has 3 aromatic rings. The van der Waals surface area contributed by atoms with E-state index >= 15 is 0 Å². The molecule has 1 aliphatic carbocycles. The minimum Gasteiger partial charge on any atom is -0.492 e. The van der Waals surface area contributed by atoms with Gasteiger partial charge in [0.15, 0.2) is 15.6 Å². The number of halogens is 3. The molecule has 0 heterocycles. The van der Waals surface area contributed by atoms with E-state index in [1.165, 1.54) is 30.3 Å². The van der Waals surface area contributed by atoms with Gasteiger partial charge in [-0.1, -0.05) is 42.5 Å². The van der Waals surface area contributed by atoms with Crippen molar-refractivity contribution in [3.63, 3.8) is 0 Å². The predicted octanol–water partition coefficient (Wildman–Crippen LogP) is 5.03. The van der Waals surface area contributed by atoms with Crippen LogP contribution < -0.4 is 9.47 Å². The van der Waals surface area contributed by atoms with Crippen LogP contribution >= 0.6 is 0 Å². The van der Waals surface area contributed by atoms with Crippen molar-refractivity contribution in [1.29, 1.82) is 5.41 Å². The molecule has 4 rings (SSSR count). The molecule has 0 spiro atoms. The quantitative estimate of drug-likeness (QED) is 0.310. The van der Waals surface area contributed by atoms with Crippen LogP contribution in [-0.4, -0.2) is 49.8 Å². The van der Waals surface area contributed by atoms with Crippen LogP contribution in [0.25, 0.3) is 0 Å². The Balaban J connectivity index is 1.49. The summed E-state index contributed by atoms with van der Waals surface area (Å²) in [5.74, 6) is -2.16. The van der Waals surface area contributed by atoms with Crippen molar-refractivity contribution in [2.24, 2.45) is 0 Å². The molecular formula is C29H28F3NO6S. The van der Waals surface area contributed by atoms with Crippen molar-refractivity contribution < 1.29 is 41.0 Å². The van der Waals surface area contributed by atoms with Crippen LogP contribution in [-0.2, 0) is 27.5 Å². The van der Waals surface area contributed by atoms with Crippen molar-refractivity contribution in [3.05, 3.63) is 89.0 Å². The van der Waals surface area contributed by atoms with Gasteiger partial charge in [-0.3, -0.25) is 10.2 Å². The lowest BCUT2D eigenvalue weighted by Crippen LogP contribution is -2.28. The number of rotatable bonds is 11. The van der Waals surface area contributed by atoms with Gasteiger partial charge in [-0.2, -0.15) is 0 Å². The van der Waals surface area contributed by atoms with Crippen molar-refractivity contribution in [3.8, 4) is 11.5 Å². The number of carbonyl (C=O) groups is 1. The third kappa shape index (κ3) is 6.71. The second-order valence-electron chi connectivity index (χ2n) is 9.40. The van der Waals surface area contributed by atoms with Gasteiger partial charge in [0.25, 0.3) is 0 Å². The summed E-state index contributed by atoms with van der Waals surface area (Å²) >= 11 is 0. The minimum absolute atomic E-state index is 0.00880.